The van der Waals surface area contributed by atoms with Crippen molar-refractivity contribution in [1.82, 2.24) is 9.78 Å². The lowest BCUT2D eigenvalue weighted by molar-refractivity contribution is 0.0547. The first kappa shape index (κ1) is 15.2. The van der Waals surface area contributed by atoms with E-state index in [0.29, 0.717) is 17.7 Å². The number of carbonyl (C=O) groups is 1. The van der Waals surface area contributed by atoms with Crippen LogP contribution in [0.25, 0.3) is 0 Å². The van der Waals surface area contributed by atoms with Crippen LogP contribution in [0.15, 0.2) is 0 Å². The number of aryl methyl sites for hydroxylation is 1. The van der Waals surface area contributed by atoms with Gasteiger partial charge in [0.2, 0.25) is 0 Å². The second-order valence-electron chi connectivity index (χ2n) is 6.14. The number of nitrogens with zero attached hydrogens (tertiary/aromatic N) is 2. The molecule has 0 radical (unpaired) electrons. The van der Waals surface area contributed by atoms with Gasteiger partial charge in [0.25, 0.3) is 6.43 Å². The molecule has 1 N–H and O–H groups in total. The standard InChI is InChI=1S/C15H21F2N3O2/c1-20-14(18-15(21)22-8-11(16)17)12(9-6-7-9)13(19-20)10-4-2-3-5-10/h9-11H,2-8H2,1H3,(H,18,21). The topological polar surface area (TPSA) is 56.2 Å². The first-order chi connectivity index (χ1) is 10.6. The van der Waals surface area contributed by atoms with E-state index in [0.717, 1.165) is 36.9 Å². The molecule has 2 aliphatic rings. The van der Waals surface area contributed by atoms with Gasteiger partial charge in [-0.25, -0.2) is 13.6 Å². The molecule has 5 nitrogen and oxygen atoms in total. The third kappa shape index (κ3) is 3.23. The maximum absolute atomic E-state index is 12.1. The van der Waals surface area contributed by atoms with Crippen LogP contribution in [0.5, 0.6) is 0 Å². The van der Waals surface area contributed by atoms with E-state index in [1.54, 1.807) is 11.7 Å². The summed E-state index contributed by atoms with van der Waals surface area (Å²) >= 11 is 0. The van der Waals surface area contributed by atoms with Crippen LogP contribution in [0.3, 0.4) is 0 Å². The summed E-state index contributed by atoms with van der Waals surface area (Å²) in [7, 11) is 1.77. The molecule has 0 unspecified atom stereocenters. The molecule has 7 heteroatoms. The molecule has 1 aromatic heterocycles. The van der Waals surface area contributed by atoms with Crippen LogP contribution in [0.1, 0.15) is 61.6 Å². The number of alkyl halides is 2. The minimum Gasteiger partial charge on any atom is -0.443 e. The summed E-state index contributed by atoms with van der Waals surface area (Å²) in [6, 6.07) is 0. The number of halogens is 2. The Morgan fingerprint density at radius 1 is 1.32 bits per heavy atom. The summed E-state index contributed by atoms with van der Waals surface area (Å²) in [5.74, 6) is 1.48. The van der Waals surface area contributed by atoms with Gasteiger partial charge in [0.1, 0.15) is 5.82 Å². The summed E-state index contributed by atoms with van der Waals surface area (Å²) in [5, 5.41) is 7.21. The first-order valence-electron chi connectivity index (χ1n) is 7.85. The van der Waals surface area contributed by atoms with E-state index in [1.165, 1.54) is 12.8 Å². The Morgan fingerprint density at radius 3 is 2.59 bits per heavy atom. The van der Waals surface area contributed by atoms with Crippen molar-refractivity contribution in [2.75, 3.05) is 11.9 Å². The van der Waals surface area contributed by atoms with Gasteiger partial charge in [0.05, 0.1) is 5.69 Å². The fourth-order valence-electron chi connectivity index (χ4n) is 3.26. The second kappa shape index (κ2) is 6.22. The van der Waals surface area contributed by atoms with Gasteiger partial charge in [-0.2, -0.15) is 5.10 Å². The first-order valence-corrected chi connectivity index (χ1v) is 7.85. The second-order valence-corrected chi connectivity index (χ2v) is 6.14. The third-order valence-corrected chi connectivity index (χ3v) is 4.40. The minimum absolute atomic E-state index is 0.426. The van der Waals surface area contributed by atoms with Crippen LogP contribution in [0.4, 0.5) is 19.4 Å². The molecule has 0 atom stereocenters. The molecule has 1 amide bonds. The molecule has 0 bridgehead atoms. The number of nitrogens with one attached hydrogen (secondary N) is 1. The fourth-order valence-corrected chi connectivity index (χ4v) is 3.26. The number of carbonyl (C=O) groups excluding carboxylic acids is 1. The molecule has 22 heavy (non-hydrogen) atoms. The fraction of sp³-hybridized carbons (Fsp3) is 0.733. The van der Waals surface area contributed by atoms with Gasteiger partial charge in [-0.05, 0) is 31.6 Å². The zero-order valence-electron chi connectivity index (χ0n) is 12.6. The van der Waals surface area contributed by atoms with Crippen LogP contribution >= 0.6 is 0 Å². The molecule has 3 rings (SSSR count). The lowest BCUT2D eigenvalue weighted by Gasteiger charge is -2.11. The van der Waals surface area contributed by atoms with E-state index in [2.05, 4.69) is 15.2 Å². The Kier molecular flexibility index (Phi) is 4.31. The van der Waals surface area contributed by atoms with Crippen molar-refractivity contribution in [1.29, 1.82) is 0 Å². The van der Waals surface area contributed by atoms with Crippen molar-refractivity contribution in [2.45, 2.75) is 56.8 Å². The molecule has 2 fully saturated rings. The van der Waals surface area contributed by atoms with Crippen molar-refractivity contribution in [3.8, 4) is 0 Å². The number of anilines is 1. The van der Waals surface area contributed by atoms with Crippen LogP contribution in [-0.2, 0) is 11.8 Å². The van der Waals surface area contributed by atoms with Crippen LogP contribution in [0.2, 0.25) is 0 Å². The average molecular weight is 313 g/mol. The Morgan fingerprint density at radius 2 is 2.00 bits per heavy atom. The van der Waals surface area contributed by atoms with Crippen LogP contribution < -0.4 is 5.32 Å². The third-order valence-electron chi connectivity index (χ3n) is 4.40. The summed E-state index contributed by atoms with van der Waals surface area (Å²) in [6.07, 6.45) is 3.36. The molecule has 0 spiro atoms. The van der Waals surface area contributed by atoms with E-state index < -0.39 is 19.1 Å². The predicted molar refractivity (Wildman–Crippen MR) is 77.4 cm³/mol. The molecule has 2 saturated carbocycles. The predicted octanol–water partition coefficient (Wildman–Crippen LogP) is 3.77. The highest BCUT2D eigenvalue weighted by Gasteiger charge is 2.36. The molecular formula is C15H21F2N3O2. The SMILES string of the molecule is Cn1nc(C2CCCC2)c(C2CC2)c1NC(=O)OCC(F)F. The minimum atomic E-state index is -2.66. The normalized spacial score (nSPS) is 18.9. The van der Waals surface area contributed by atoms with Crippen LogP contribution in [0, 0.1) is 0 Å². The molecule has 0 saturated heterocycles. The number of rotatable bonds is 5. The van der Waals surface area contributed by atoms with Crippen LogP contribution in [-0.4, -0.2) is 28.9 Å². The Labute approximate surface area is 128 Å². The summed E-state index contributed by atoms with van der Waals surface area (Å²) in [6.45, 7) is -0.891. The molecule has 0 aromatic carbocycles. The van der Waals surface area contributed by atoms with Gasteiger partial charge < -0.3 is 4.74 Å². The Balaban J connectivity index is 1.79. The maximum Gasteiger partial charge on any atom is 0.413 e. The number of amides is 1. The molecule has 1 aromatic rings. The van der Waals surface area contributed by atoms with E-state index in [4.69, 9.17) is 0 Å². The Hall–Kier alpha value is -1.66. The maximum atomic E-state index is 12.1. The van der Waals surface area contributed by atoms with Crippen molar-refractivity contribution in [3.05, 3.63) is 11.3 Å². The monoisotopic (exact) mass is 313 g/mol. The highest BCUT2D eigenvalue weighted by atomic mass is 19.3. The van der Waals surface area contributed by atoms with Gasteiger partial charge in [0, 0.05) is 18.5 Å². The largest absolute Gasteiger partial charge is 0.443 e. The number of ether oxygens (including phenoxy) is 1. The van der Waals surface area contributed by atoms with Gasteiger partial charge in [-0.3, -0.25) is 10.00 Å². The van der Waals surface area contributed by atoms with Gasteiger partial charge in [-0.15, -0.1) is 0 Å². The van der Waals surface area contributed by atoms with Crippen molar-refractivity contribution < 1.29 is 18.3 Å². The number of hydrogen-bond donors (Lipinski definition) is 1. The van der Waals surface area contributed by atoms with E-state index in [-0.39, 0.29) is 0 Å². The molecule has 122 valence electrons. The lowest BCUT2D eigenvalue weighted by atomic mass is 9.97. The Bertz CT molecular complexity index is 549. The average Bonchev–Trinajstić information content (AvgIpc) is 3.05. The molecule has 2 aliphatic carbocycles. The van der Waals surface area contributed by atoms with E-state index >= 15 is 0 Å². The van der Waals surface area contributed by atoms with Crippen molar-refractivity contribution in [3.63, 3.8) is 0 Å². The lowest BCUT2D eigenvalue weighted by Crippen LogP contribution is -2.19. The zero-order valence-corrected chi connectivity index (χ0v) is 12.6. The van der Waals surface area contributed by atoms with E-state index in [1.807, 2.05) is 0 Å². The summed E-state index contributed by atoms with van der Waals surface area (Å²) in [4.78, 5) is 11.7. The zero-order chi connectivity index (χ0) is 15.7. The highest BCUT2D eigenvalue weighted by molar-refractivity contribution is 5.85. The summed E-state index contributed by atoms with van der Waals surface area (Å²) in [5.41, 5.74) is 2.16. The number of hydrogen-bond acceptors (Lipinski definition) is 3. The van der Waals surface area contributed by atoms with E-state index in [9.17, 15) is 13.6 Å². The van der Waals surface area contributed by atoms with Gasteiger partial charge >= 0.3 is 6.09 Å². The van der Waals surface area contributed by atoms with Gasteiger partial charge in [-0.1, -0.05) is 12.8 Å². The summed E-state index contributed by atoms with van der Waals surface area (Å²) < 4.78 is 30.4. The molecule has 1 heterocycles. The molecular weight excluding hydrogens is 292 g/mol. The van der Waals surface area contributed by atoms with Crippen molar-refractivity contribution >= 4 is 11.9 Å². The highest BCUT2D eigenvalue weighted by Crippen LogP contribution is 2.49. The quantitative estimate of drug-likeness (QED) is 0.900. The molecule has 0 aliphatic heterocycles. The van der Waals surface area contributed by atoms with Crippen molar-refractivity contribution in [2.24, 2.45) is 7.05 Å². The smallest absolute Gasteiger partial charge is 0.413 e. The van der Waals surface area contributed by atoms with Gasteiger partial charge in [0.15, 0.2) is 6.61 Å². The number of aromatic nitrogens is 2.